The Hall–Kier alpha value is -2.20. The van der Waals surface area contributed by atoms with E-state index in [1.807, 2.05) is 66.7 Å². The largest absolute Gasteiger partial charge is 0.395 e. The fraction of sp³-hybridized carbons (Fsp3) is 0.424. The number of hydrogen-bond acceptors (Lipinski definition) is 6. The first kappa shape index (κ1) is 32.2. The number of nitrogens with zero attached hydrogens (tertiary/aromatic N) is 1. The number of carbonyl (C=O) groups is 1. The molecule has 1 amide bonds. The molecule has 2 fully saturated rings. The van der Waals surface area contributed by atoms with Gasteiger partial charge in [0.2, 0.25) is 0 Å². The Kier molecular flexibility index (Phi) is 10.7. The minimum atomic E-state index is -2.02. The summed E-state index contributed by atoms with van der Waals surface area (Å²) >= 11 is 17.1. The van der Waals surface area contributed by atoms with Gasteiger partial charge >= 0.3 is 0 Å². The van der Waals surface area contributed by atoms with Gasteiger partial charge < -0.3 is 25.0 Å². The molecule has 0 radical (unpaired) electrons. The second-order valence-electron chi connectivity index (χ2n) is 11.3. The van der Waals surface area contributed by atoms with E-state index in [0.29, 0.717) is 6.54 Å². The Morgan fingerprint density at radius 1 is 0.953 bits per heavy atom. The lowest BCUT2D eigenvalue weighted by molar-refractivity contribution is -0.276. The van der Waals surface area contributed by atoms with Crippen molar-refractivity contribution in [2.75, 3.05) is 19.7 Å². The molecular weight excluding hydrogens is 611 g/mol. The quantitative estimate of drug-likeness (QED) is 0.244. The van der Waals surface area contributed by atoms with E-state index in [9.17, 15) is 15.0 Å². The molecule has 3 aromatic carbocycles. The summed E-state index contributed by atoms with van der Waals surface area (Å²) < 4.78 is 11.3. The monoisotopic (exact) mass is 646 g/mol. The molecular formula is C33H37Cl3N2O5. The lowest BCUT2D eigenvalue weighted by atomic mass is 9.89. The zero-order valence-electron chi connectivity index (χ0n) is 24.0. The minimum absolute atomic E-state index is 0.0134. The van der Waals surface area contributed by atoms with Gasteiger partial charge in [-0.2, -0.15) is 0 Å². The number of amides is 1. The summed E-state index contributed by atoms with van der Waals surface area (Å²) in [5.41, 5.74) is 5.56. The van der Waals surface area contributed by atoms with Crippen LogP contribution in [0, 0.1) is 5.92 Å². The predicted octanol–water partition coefficient (Wildman–Crippen LogP) is 6.08. The number of carbonyl (C=O) groups excluding carboxylic acids is 1. The summed E-state index contributed by atoms with van der Waals surface area (Å²) in [6.07, 6.45) is 1.10. The molecule has 0 saturated carbocycles. The van der Waals surface area contributed by atoms with Crippen LogP contribution in [0.25, 0.3) is 11.1 Å². The molecule has 2 heterocycles. The van der Waals surface area contributed by atoms with E-state index in [4.69, 9.17) is 44.3 Å². The first-order chi connectivity index (χ1) is 20.7. The number of aliphatic hydroxyl groups excluding tert-OH is 2. The Bertz CT molecular complexity index is 1380. The van der Waals surface area contributed by atoms with Gasteiger partial charge in [-0.1, -0.05) is 102 Å². The molecule has 2 aliphatic heterocycles. The SMILES string of the molecule is C[C@H]1[C@@H](CN2CCC[C@H]2CO)O[C@@H](c2cccc(-c3cccc(CNC(=O)C(Cl)(Cl)Cl)c3)c2)O[C@H]1c1ccc(CO)cc1. The number of alkyl halides is 3. The van der Waals surface area contributed by atoms with Crippen LogP contribution in [0.1, 0.15) is 54.4 Å². The zero-order valence-corrected chi connectivity index (χ0v) is 26.2. The van der Waals surface area contributed by atoms with E-state index in [1.54, 1.807) is 0 Å². The molecule has 230 valence electrons. The topological polar surface area (TPSA) is 91.3 Å². The van der Waals surface area contributed by atoms with Gasteiger partial charge in [-0.25, -0.2) is 0 Å². The highest BCUT2D eigenvalue weighted by atomic mass is 35.6. The Labute approximate surface area is 267 Å². The highest BCUT2D eigenvalue weighted by Crippen LogP contribution is 2.43. The van der Waals surface area contributed by atoms with Gasteiger partial charge in [0.15, 0.2) is 6.29 Å². The van der Waals surface area contributed by atoms with Gasteiger partial charge in [0.05, 0.1) is 25.4 Å². The number of halogens is 3. The summed E-state index contributed by atoms with van der Waals surface area (Å²) in [7, 11) is 0. The first-order valence-corrected chi connectivity index (χ1v) is 15.7. The lowest BCUT2D eigenvalue weighted by Gasteiger charge is -2.43. The van der Waals surface area contributed by atoms with Crippen LogP contribution in [0.3, 0.4) is 0 Å². The van der Waals surface area contributed by atoms with E-state index < -0.39 is 16.0 Å². The normalized spacial score (nSPS) is 24.7. The molecule has 0 spiro atoms. The Morgan fingerprint density at radius 3 is 2.37 bits per heavy atom. The molecule has 10 heteroatoms. The molecule has 43 heavy (non-hydrogen) atoms. The second kappa shape index (κ2) is 14.3. The molecule has 0 bridgehead atoms. The van der Waals surface area contributed by atoms with Gasteiger partial charge in [-0.05, 0) is 59.3 Å². The van der Waals surface area contributed by atoms with Gasteiger partial charge in [0.25, 0.3) is 9.70 Å². The number of hydrogen-bond donors (Lipinski definition) is 3. The molecule has 3 N–H and O–H groups in total. The van der Waals surface area contributed by atoms with Crippen LogP contribution in [0.15, 0.2) is 72.8 Å². The van der Waals surface area contributed by atoms with E-state index in [1.165, 1.54) is 0 Å². The van der Waals surface area contributed by atoms with Crippen LogP contribution >= 0.6 is 34.8 Å². The van der Waals surface area contributed by atoms with Crippen LogP contribution < -0.4 is 5.32 Å². The molecule has 2 saturated heterocycles. The van der Waals surface area contributed by atoms with Crippen molar-refractivity contribution in [3.63, 3.8) is 0 Å². The van der Waals surface area contributed by atoms with E-state index in [0.717, 1.165) is 52.8 Å². The molecule has 2 aliphatic rings. The van der Waals surface area contributed by atoms with Crippen molar-refractivity contribution in [1.29, 1.82) is 0 Å². The molecule has 0 aliphatic carbocycles. The summed E-state index contributed by atoms with van der Waals surface area (Å²) in [6.45, 7) is 4.14. The van der Waals surface area contributed by atoms with Crippen LogP contribution in [0.5, 0.6) is 0 Å². The molecule has 0 aromatic heterocycles. The number of benzene rings is 3. The van der Waals surface area contributed by atoms with E-state index in [-0.39, 0.29) is 43.9 Å². The van der Waals surface area contributed by atoms with Gasteiger partial charge in [0.1, 0.15) is 0 Å². The third-order valence-corrected chi connectivity index (χ3v) is 8.89. The highest BCUT2D eigenvalue weighted by molar-refractivity contribution is 6.76. The lowest BCUT2D eigenvalue weighted by Crippen LogP contribution is -2.46. The average molecular weight is 648 g/mol. The highest BCUT2D eigenvalue weighted by Gasteiger charge is 2.40. The standard InChI is InChI=1S/C33H37Cl3N2O5/c1-21-29(18-38-14-4-9-28(38)20-40)42-31(43-30(21)24-12-10-22(19-39)11-13-24)27-8-3-7-26(16-27)25-6-2-5-23(15-25)17-37-32(41)33(34,35)36/h2-3,5-8,10-13,15-16,21,28-31,39-40H,4,9,14,17-20H2,1H3,(H,37,41)/t21-,28-,29+,30+,31+/m0/s1. The van der Waals surface area contributed by atoms with Gasteiger partial charge in [-0.3, -0.25) is 9.69 Å². The molecule has 7 nitrogen and oxygen atoms in total. The minimum Gasteiger partial charge on any atom is -0.395 e. The maximum absolute atomic E-state index is 12.0. The van der Waals surface area contributed by atoms with Gasteiger partial charge in [-0.15, -0.1) is 0 Å². The van der Waals surface area contributed by atoms with Crippen molar-refractivity contribution in [2.24, 2.45) is 5.92 Å². The van der Waals surface area contributed by atoms with E-state index >= 15 is 0 Å². The predicted molar refractivity (Wildman–Crippen MR) is 169 cm³/mol. The van der Waals surface area contributed by atoms with Crippen molar-refractivity contribution in [3.8, 4) is 11.1 Å². The fourth-order valence-corrected chi connectivity index (χ4v) is 6.11. The Morgan fingerprint density at radius 2 is 1.67 bits per heavy atom. The third-order valence-electron chi connectivity index (χ3n) is 8.38. The average Bonchev–Trinajstić information content (AvgIpc) is 3.47. The van der Waals surface area contributed by atoms with Crippen LogP contribution in [0.4, 0.5) is 0 Å². The number of rotatable bonds is 9. The summed E-state index contributed by atoms with van der Waals surface area (Å²) in [5, 5.41) is 22.1. The summed E-state index contributed by atoms with van der Waals surface area (Å²) in [5.74, 6) is -0.626. The fourth-order valence-electron chi connectivity index (χ4n) is 5.91. The van der Waals surface area contributed by atoms with Crippen LogP contribution in [0.2, 0.25) is 0 Å². The molecule has 0 unspecified atom stereocenters. The van der Waals surface area contributed by atoms with Crippen molar-refractivity contribution < 1.29 is 24.5 Å². The maximum Gasteiger partial charge on any atom is 0.272 e. The van der Waals surface area contributed by atoms with Crippen molar-refractivity contribution in [3.05, 3.63) is 95.1 Å². The second-order valence-corrected chi connectivity index (χ2v) is 13.6. The van der Waals surface area contributed by atoms with Crippen LogP contribution in [-0.2, 0) is 27.4 Å². The smallest absolute Gasteiger partial charge is 0.272 e. The van der Waals surface area contributed by atoms with E-state index in [2.05, 4.69) is 23.2 Å². The van der Waals surface area contributed by atoms with Crippen molar-refractivity contribution >= 4 is 40.7 Å². The maximum atomic E-state index is 12.0. The number of ether oxygens (including phenoxy) is 2. The molecule has 5 rings (SSSR count). The van der Waals surface area contributed by atoms with Crippen molar-refractivity contribution in [2.45, 2.75) is 61.2 Å². The third kappa shape index (κ3) is 7.91. The van der Waals surface area contributed by atoms with Crippen LogP contribution in [-0.4, -0.2) is 56.7 Å². The summed E-state index contributed by atoms with van der Waals surface area (Å²) in [6, 6.07) is 23.9. The zero-order chi connectivity index (χ0) is 30.6. The van der Waals surface area contributed by atoms with Gasteiger partial charge in [0, 0.05) is 30.6 Å². The Balaban J connectivity index is 1.39. The molecule has 3 aromatic rings. The van der Waals surface area contributed by atoms with Crippen molar-refractivity contribution in [1.82, 2.24) is 10.2 Å². The first-order valence-electron chi connectivity index (χ1n) is 14.6. The number of aliphatic hydroxyl groups is 2. The summed E-state index contributed by atoms with van der Waals surface area (Å²) in [4.78, 5) is 14.3. The number of likely N-dealkylation sites (tertiary alicyclic amines) is 1. The molecule has 5 atom stereocenters. The number of nitrogens with one attached hydrogen (secondary N) is 1.